The van der Waals surface area contributed by atoms with Gasteiger partial charge in [0.25, 0.3) is 0 Å². The normalized spacial score (nSPS) is 18.0. The Hall–Kier alpha value is -1.10. The van der Waals surface area contributed by atoms with Gasteiger partial charge in [-0.15, -0.1) is 0 Å². The van der Waals surface area contributed by atoms with Gasteiger partial charge >= 0.3 is 0 Å². The molecule has 0 aliphatic heterocycles. The fourth-order valence-electron chi connectivity index (χ4n) is 3.02. The van der Waals surface area contributed by atoms with Crippen molar-refractivity contribution in [2.45, 2.75) is 71.1 Å². The first-order valence-electron chi connectivity index (χ1n) is 11.9. The van der Waals surface area contributed by atoms with E-state index in [9.17, 15) is 9.59 Å². The summed E-state index contributed by atoms with van der Waals surface area (Å²) in [6.45, 7) is 10.6. The molecule has 1 aliphatic rings. The van der Waals surface area contributed by atoms with E-state index < -0.39 is 0 Å². The summed E-state index contributed by atoms with van der Waals surface area (Å²) < 4.78 is 33.1. The summed E-state index contributed by atoms with van der Waals surface area (Å²) in [7, 11) is 0. The largest absolute Gasteiger partial charge is 0.380 e. The molecule has 0 heterocycles. The average Bonchev–Trinajstić information content (AvgIpc) is 2.76. The van der Waals surface area contributed by atoms with E-state index in [0.717, 1.165) is 12.8 Å². The molecule has 0 aromatic rings. The monoisotopic (exact) mass is 461 g/mol. The predicted molar refractivity (Wildman–Crippen MR) is 120 cm³/mol. The van der Waals surface area contributed by atoms with Crippen LogP contribution in [0.3, 0.4) is 0 Å². The lowest BCUT2D eigenvalue weighted by molar-refractivity contribution is -0.126. The lowest BCUT2D eigenvalue weighted by Gasteiger charge is -2.34. The summed E-state index contributed by atoms with van der Waals surface area (Å²) in [5.41, 5.74) is 0. The zero-order valence-corrected chi connectivity index (χ0v) is 20.1. The van der Waals surface area contributed by atoms with Crippen molar-refractivity contribution in [1.82, 2.24) is 5.32 Å². The van der Waals surface area contributed by atoms with Crippen LogP contribution < -0.4 is 5.32 Å². The van der Waals surface area contributed by atoms with Crippen molar-refractivity contribution in [2.24, 2.45) is 0 Å². The summed E-state index contributed by atoms with van der Waals surface area (Å²) in [5.74, 6) is 0.149. The summed E-state index contributed by atoms with van der Waals surface area (Å²) in [4.78, 5) is 23.2. The molecule has 9 heteroatoms. The molecule has 9 nitrogen and oxygen atoms in total. The first kappa shape index (κ1) is 28.9. The molecule has 188 valence electrons. The van der Waals surface area contributed by atoms with Crippen LogP contribution in [0.25, 0.3) is 0 Å². The summed E-state index contributed by atoms with van der Waals surface area (Å²) in [6, 6.07) is -0.142. The molecule has 0 atom stereocenters. The molecule has 1 aliphatic carbocycles. The van der Waals surface area contributed by atoms with Crippen molar-refractivity contribution in [3.8, 4) is 0 Å². The van der Waals surface area contributed by atoms with Gasteiger partial charge in [-0.2, -0.15) is 0 Å². The van der Waals surface area contributed by atoms with Gasteiger partial charge < -0.3 is 33.7 Å². The second-order valence-electron chi connectivity index (χ2n) is 7.66. The number of ether oxygens (including phenoxy) is 6. The molecule has 1 amide bonds. The zero-order valence-electron chi connectivity index (χ0n) is 20.1. The van der Waals surface area contributed by atoms with E-state index in [1.807, 2.05) is 20.8 Å². The van der Waals surface area contributed by atoms with Gasteiger partial charge in [0.2, 0.25) is 5.91 Å². The SMILES string of the molecule is CCOCC(COCC)NC(=O)CCOCCOC1CC(OCCOCCC(=O)CC)C1. The number of amides is 1. The molecule has 0 aromatic carbocycles. The molecule has 0 saturated heterocycles. The first-order chi connectivity index (χ1) is 15.6. The molecular formula is C23H43NO8. The molecule has 0 bridgehead atoms. The number of ketones is 1. The highest BCUT2D eigenvalue weighted by molar-refractivity contribution is 5.78. The van der Waals surface area contributed by atoms with Gasteiger partial charge in [-0.1, -0.05) is 6.92 Å². The number of hydrogen-bond donors (Lipinski definition) is 1. The number of rotatable bonds is 22. The van der Waals surface area contributed by atoms with Crippen molar-refractivity contribution >= 4 is 11.7 Å². The van der Waals surface area contributed by atoms with E-state index in [-0.39, 0.29) is 29.9 Å². The number of hydrogen-bond acceptors (Lipinski definition) is 8. The second kappa shape index (κ2) is 19.4. The number of Topliss-reactive ketones (excluding diaryl/α,β-unsaturated/α-hetero) is 1. The van der Waals surface area contributed by atoms with Crippen LogP contribution in [-0.2, 0) is 38.0 Å². The summed E-state index contributed by atoms with van der Waals surface area (Å²) in [6.07, 6.45) is 3.50. The Morgan fingerprint density at radius 2 is 1.28 bits per heavy atom. The van der Waals surface area contributed by atoms with Crippen molar-refractivity contribution in [3.63, 3.8) is 0 Å². The highest BCUT2D eigenvalue weighted by atomic mass is 16.5. The van der Waals surface area contributed by atoms with Gasteiger partial charge in [-0.3, -0.25) is 9.59 Å². The number of nitrogens with one attached hydrogen (secondary N) is 1. The van der Waals surface area contributed by atoms with Crippen LogP contribution in [-0.4, -0.2) is 96.0 Å². The van der Waals surface area contributed by atoms with E-state index in [1.165, 1.54) is 0 Å². The first-order valence-corrected chi connectivity index (χ1v) is 11.9. The molecule has 0 unspecified atom stereocenters. The smallest absolute Gasteiger partial charge is 0.222 e. The van der Waals surface area contributed by atoms with Gasteiger partial charge in [0.05, 0.1) is 71.1 Å². The highest BCUT2D eigenvalue weighted by Gasteiger charge is 2.30. The molecule has 1 N–H and O–H groups in total. The molecule has 0 aromatic heterocycles. The van der Waals surface area contributed by atoms with Crippen LogP contribution in [0.15, 0.2) is 0 Å². The molecule has 1 rings (SSSR count). The zero-order chi connectivity index (χ0) is 23.4. The average molecular weight is 462 g/mol. The van der Waals surface area contributed by atoms with Crippen molar-refractivity contribution in [2.75, 3.05) is 66.1 Å². The summed E-state index contributed by atoms with van der Waals surface area (Å²) in [5, 5.41) is 2.92. The van der Waals surface area contributed by atoms with Crippen molar-refractivity contribution in [3.05, 3.63) is 0 Å². The Balaban J connectivity index is 1.91. The maximum Gasteiger partial charge on any atom is 0.222 e. The van der Waals surface area contributed by atoms with Crippen LogP contribution in [0, 0.1) is 0 Å². The minimum absolute atomic E-state index is 0.0738. The lowest BCUT2D eigenvalue weighted by Crippen LogP contribution is -2.42. The minimum Gasteiger partial charge on any atom is -0.380 e. The van der Waals surface area contributed by atoms with Gasteiger partial charge in [0.15, 0.2) is 0 Å². The van der Waals surface area contributed by atoms with E-state index in [1.54, 1.807) is 0 Å². The molecule has 32 heavy (non-hydrogen) atoms. The standard InChI is InChI=1S/C23H43NO8/c1-4-20(25)7-9-29-11-13-31-21-15-22(16-21)32-14-12-30-10-8-23(26)24-19(17-27-5-2)18-28-6-3/h19,21-22H,4-18H2,1-3H3,(H,24,26). The number of carbonyl (C=O) groups is 2. The molecule has 1 saturated carbocycles. The van der Waals surface area contributed by atoms with Gasteiger partial charge in [0, 0.05) is 32.5 Å². The quantitative estimate of drug-likeness (QED) is 0.244. The molecular weight excluding hydrogens is 418 g/mol. The topological polar surface area (TPSA) is 102 Å². The Kier molecular flexibility index (Phi) is 17.5. The third-order valence-electron chi connectivity index (χ3n) is 5.02. The van der Waals surface area contributed by atoms with Crippen LogP contribution >= 0.6 is 0 Å². The van der Waals surface area contributed by atoms with E-state index in [2.05, 4.69) is 5.32 Å². The van der Waals surface area contributed by atoms with E-state index in [0.29, 0.717) is 85.3 Å². The minimum atomic E-state index is -0.142. The molecule has 1 fully saturated rings. The van der Waals surface area contributed by atoms with Crippen LogP contribution in [0.1, 0.15) is 52.9 Å². The van der Waals surface area contributed by atoms with E-state index >= 15 is 0 Å². The van der Waals surface area contributed by atoms with Crippen molar-refractivity contribution in [1.29, 1.82) is 0 Å². The Bertz CT molecular complexity index is 477. The lowest BCUT2D eigenvalue weighted by atomic mass is 9.92. The Labute approximate surface area is 192 Å². The molecule has 0 spiro atoms. The summed E-state index contributed by atoms with van der Waals surface area (Å²) >= 11 is 0. The maximum atomic E-state index is 12.0. The predicted octanol–water partition coefficient (Wildman–Crippen LogP) is 1.90. The third-order valence-corrected chi connectivity index (χ3v) is 5.02. The van der Waals surface area contributed by atoms with Gasteiger partial charge in [-0.25, -0.2) is 0 Å². The highest BCUT2D eigenvalue weighted by Crippen LogP contribution is 2.26. The molecule has 0 radical (unpaired) electrons. The maximum absolute atomic E-state index is 12.0. The van der Waals surface area contributed by atoms with Crippen LogP contribution in [0.2, 0.25) is 0 Å². The number of carbonyl (C=O) groups excluding carboxylic acids is 2. The van der Waals surface area contributed by atoms with Gasteiger partial charge in [-0.05, 0) is 26.7 Å². The second-order valence-corrected chi connectivity index (χ2v) is 7.66. The van der Waals surface area contributed by atoms with Crippen LogP contribution in [0.5, 0.6) is 0 Å². The third kappa shape index (κ3) is 14.9. The fourth-order valence-corrected chi connectivity index (χ4v) is 3.02. The van der Waals surface area contributed by atoms with Crippen molar-refractivity contribution < 1.29 is 38.0 Å². The van der Waals surface area contributed by atoms with Gasteiger partial charge in [0.1, 0.15) is 5.78 Å². The Morgan fingerprint density at radius 1 is 0.750 bits per heavy atom. The Morgan fingerprint density at radius 3 is 1.78 bits per heavy atom. The fraction of sp³-hybridized carbons (Fsp3) is 0.913. The van der Waals surface area contributed by atoms with Crippen LogP contribution in [0.4, 0.5) is 0 Å². The van der Waals surface area contributed by atoms with E-state index in [4.69, 9.17) is 28.4 Å².